The first-order chi connectivity index (χ1) is 12.9. The lowest BCUT2D eigenvalue weighted by Crippen LogP contribution is -2.43. The fraction of sp³-hybridized carbons (Fsp3) is 0.412. The molecule has 1 aromatic carbocycles. The van der Waals surface area contributed by atoms with Gasteiger partial charge in [0.25, 0.3) is 5.56 Å². The van der Waals surface area contributed by atoms with Gasteiger partial charge in [0.15, 0.2) is 11.5 Å². The number of nitrogens with zero attached hydrogens (tertiary/aromatic N) is 2. The van der Waals surface area contributed by atoms with Crippen molar-refractivity contribution in [3.8, 4) is 11.5 Å². The van der Waals surface area contributed by atoms with Crippen LogP contribution in [0.15, 0.2) is 16.9 Å². The number of fused-ring (bicyclic) bond motifs is 1. The number of hydrogen-bond acceptors (Lipinski definition) is 7. The molecule has 0 aliphatic carbocycles. The van der Waals surface area contributed by atoms with Gasteiger partial charge >= 0.3 is 6.03 Å². The second kappa shape index (κ2) is 8.99. The maximum Gasteiger partial charge on any atom is 0.321 e. The fourth-order valence-corrected chi connectivity index (χ4v) is 2.51. The number of carbonyl (C=O) groups is 2. The third-order valence-corrected chi connectivity index (χ3v) is 3.93. The van der Waals surface area contributed by atoms with Crippen LogP contribution in [0.1, 0.15) is 12.7 Å². The molecule has 0 spiro atoms. The lowest BCUT2D eigenvalue weighted by Gasteiger charge is -2.19. The van der Waals surface area contributed by atoms with Crippen LogP contribution in [0.5, 0.6) is 11.5 Å². The molecule has 2 rings (SSSR count). The number of benzene rings is 1. The topological polar surface area (TPSA) is 126 Å². The summed E-state index contributed by atoms with van der Waals surface area (Å²) in [6, 6.07) is 2.62. The third-order valence-electron chi connectivity index (χ3n) is 3.93. The molecular weight excluding hydrogens is 354 g/mol. The monoisotopic (exact) mass is 377 g/mol. The van der Waals surface area contributed by atoms with E-state index < -0.39 is 11.9 Å². The summed E-state index contributed by atoms with van der Waals surface area (Å²) in [5, 5.41) is 4.88. The molecule has 2 aromatic rings. The van der Waals surface area contributed by atoms with Gasteiger partial charge in [0.05, 0.1) is 38.2 Å². The normalized spacial score (nSPS) is 10.7. The molecule has 3 amide bonds. The van der Waals surface area contributed by atoms with E-state index in [0.29, 0.717) is 34.8 Å². The van der Waals surface area contributed by atoms with Gasteiger partial charge in [-0.3, -0.25) is 19.8 Å². The van der Waals surface area contributed by atoms with Crippen LogP contribution in [-0.2, 0) is 11.3 Å². The number of aromatic nitrogens is 2. The molecule has 27 heavy (non-hydrogen) atoms. The van der Waals surface area contributed by atoms with Gasteiger partial charge in [-0.2, -0.15) is 0 Å². The minimum Gasteiger partial charge on any atom is -0.493 e. The number of aromatic amines is 1. The Hall–Kier alpha value is -3.14. The van der Waals surface area contributed by atoms with Crippen molar-refractivity contribution in [2.24, 2.45) is 0 Å². The number of amides is 3. The van der Waals surface area contributed by atoms with Crippen LogP contribution in [0.25, 0.3) is 10.9 Å². The largest absolute Gasteiger partial charge is 0.493 e. The molecule has 0 unspecified atom stereocenters. The summed E-state index contributed by atoms with van der Waals surface area (Å²) in [5.41, 5.74) is 0.138. The molecule has 146 valence electrons. The summed E-state index contributed by atoms with van der Waals surface area (Å²) in [5.74, 6) is 0.845. The molecule has 3 N–H and O–H groups in total. The zero-order valence-corrected chi connectivity index (χ0v) is 15.7. The Morgan fingerprint density at radius 1 is 1.22 bits per heavy atom. The summed E-state index contributed by atoms with van der Waals surface area (Å²) in [7, 11) is 4.41. The number of ether oxygens (including phenoxy) is 2. The van der Waals surface area contributed by atoms with Crippen molar-refractivity contribution in [3.63, 3.8) is 0 Å². The Bertz CT molecular complexity index is 895. The van der Waals surface area contributed by atoms with Gasteiger partial charge in [-0.25, -0.2) is 9.78 Å². The van der Waals surface area contributed by atoms with Crippen LogP contribution < -0.4 is 25.7 Å². The minimum atomic E-state index is -0.575. The van der Waals surface area contributed by atoms with Crippen LogP contribution >= 0.6 is 0 Å². The van der Waals surface area contributed by atoms with Crippen molar-refractivity contribution in [1.82, 2.24) is 25.5 Å². The average molecular weight is 377 g/mol. The zero-order valence-electron chi connectivity index (χ0n) is 15.7. The van der Waals surface area contributed by atoms with Gasteiger partial charge in [0.2, 0.25) is 5.91 Å². The van der Waals surface area contributed by atoms with E-state index in [0.717, 1.165) is 0 Å². The van der Waals surface area contributed by atoms with Crippen molar-refractivity contribution in [2.75, 3.05) is 34.4 Å². The number of urea groups is 1. The molecule has 0 radical (unpaired) electrons. The van der Waals surface area contributed by atoms with Crippen LogP contribution in [0, 0.1) is 0 Å². The fourth-order valence-electron chi connectivity index (χ4n) is 2.51. The van der Waals surface area contributed by atoms with Crippen LogP contribution in [0.4, 0.5) is 4.79 Å². The number of imide groups is 1. The Morgan fingerprint density at radius 2 is 1.89 bits per heavy atom. The summed E-state index contributed by atoms with van der Waals surface area (Å²) < 4.78 is 10.5. The number of methoxy groups -OCH3 is 2. The number of nitrogens with one attached hydrogen (secondary N) is 3. The van der Waals surface area contributed by atoms with E-state index in [9.17, 15) is 14.4 Å². The van der Waals surface area contributed by atoms with Gasteiger partial charge < -0.3 is 19.8 Å². The molecule has 0 aliphatic heterocycles. The zero-order chi connectivity index (χ0) is 20.0. The first-order valence-electron chi connectivity index (χ1n) is 8.30. The molecule has 10 nitrogen and oxygen atoms in total. The van der Waals surface area contributed by atoms with Gasteiger partial charge in [0.1, 0.15) is 5.82 Å². The Morgan fingerprint density at radius 3 is 2.48 bits per heavy atom. The highest BCUT2D eigenvalue weighted by Crippen LogP contribution is 2.29. The van der Waals surface area contributed by atoms with Crippen LogP contribution in [-0.4, -0.2) is 61.2 Å². The number of carbonyl (C=O) groups excluding carboxylic acids is 2. The third kappa shape index (κ3) is 4.94. The van der Waals surface area contributed by atoms with Gasteiger partial charge in [-0.15, -0.1) is 0 Å². The molecular formula is C17H23N5O5. The van der Waals surface area contributed by atoms with Gasteiger partial charge in [-0.1, -0.05) is 6.92 Å². The van der Waals surface area contributed by atoms with Gasteiger partial charge in [-0.05, 0) is 12.6 Å². The van der Waals surface area contributed by atoms with Crippen molar-refractivity contribution in [2.45, 2.75) is 13.5 Å². The SMILES string of the molecule is CCN(CC(=O)NC(=O)NC)Cc1nc2cc(OC)c(OC)cc2c(=O)[nH]1. The van der Waals surface area contributed by atoms with Crippen molar-refractivity contribution in [3.05, 3.63) is 28.3 Å². The summed E-state index contributed by atoms with van der Waals surface area (Å²) >= 11 is 0. The van der Waals surface area contributed by atoms with Crippen molar-refractivity contribution >= 4 is 22.8 Å². The van der Waals surface area contributed by atoms with E-state index in [4.69, 9.17) is 9.47 Å². The molecule has 0 saturated carbocycles. The van der Waals surface area contributed by atoms with E-state index in [-0.39, 0.29) is 18.6 Å². The first-order valence-corrected chi connectivity index (χ1v) is 8.30. The molecule has 1 aromatic heterocycles. The Labute approximate surface area is 155 Å². The minimum absolute atomic E-state index is 0.0163. The number of rotatable bonds is 7. The van der Waals surface area contributed by atoms with E-state index in [2.05, 4.69) is 20.6 Å². The van der Waals surface area contributed by atoms with E-state index in [1.807, 2.05) is 6.92 Å². The van der Waals surface area contributed by atoms with Crippen molar-refractivity contribution < 1.29 is 19.1 Å². The highest BCUT2D eigenvalue weighted by atomic mass is 16.5. The maximum atomic E-state index is 12.4. The molecule has 0 saturated heterocycles. The Balaban J connectivity index is 2.25. The van der Waals surface area contributed by atoms with E-state index in [1.165, 1.54) is 21.3 Å². The number of H-pyrrole nitrogens is 1. The standard InChI is InChI=1S/C17H23N5O5/c1-5-22(9-15(23)21-17(25)18-2)8-14-19-11-7-13(27-4)12(26-3)6-10(11)16(24)20-14/h6-7H,5,8-9H2,1-4H3,(H,19,20,24)(H2,18,21,23,25). The predicted octanol–water partition coefficient (Wildman–Crippen LogP) is 0.218. The molecule has 10 heteroatoms. The van der Waals surface area contributed by atoms with Crippen LogP contribution in [0.2, 0.25) is 0 Å². The first kappa shape index (κ1) is 20.2. The highest BCUT2D eigenvalue weighted by molar-refractivity contribution is 5.95. The number of likely N-dealkylation sites (N-methyl/N-ethyl adjacent to an activating group) is 1. The summed E-state index contributed by atoms with van der Waals surface area (Å²) in [6.07, 6.45) is 0. The lowest BCUT2D eigenvalue weighted by atomic mass is 10.2. The van der Waals surface area contributed by atoms with E-state index in [1.54, 1.807) is 17.0 Å². The Kier molecular flexibility index (Phi) is 6.72. The second-order valence-electron chi connectivity index (χ2n) is 5.67. The maximum absolute atomic E-state index is 12.4. The molecule has 1 heterocycles. The van der Waals surface area contributed by atoms with E-state index >= 15 is 0 Å². The van der Waals surface area contributed by atoms with Crippen molar-refractivity contribution in [1.29, 1.82) is 0 Å². The predicted molar refractivity (Wildman–Crippen MR) is 99.0 cm³/mol. The lowest BCUT2D eigenvalue weighted by molar-refractivity contribution is -0.121. The molecule has 0 fully saturated rings. The smallest absolute Gasteiger partial charge is 0.321 e. The van der Waals surface area contributed by atoms with Crippen LogP contribution in [0.3, 0.4) is 0 Å². The summed E-state index contributed by atoms with van der Waals surface area (Å²) in [4.78, 5) is 44.4. The average Bonchev–Trinajstić information content (AvgIpc) is 2.66. The number of hydrogen-bond donors (Lipinski definition) is 3. The highest BCUT2D eigenvalue weighted by Gasteiger charge is 2.15. The molecule has 0 atom stereocenters. The molecule has 0 aliphatic rings. The quantitative estimate of drug-likeness (QED) is 0.630. The summed E-state index contributed by atoms with van der Waals surface area (Å²) in [6.45, 7) is 2.60. The molecule has 0 bridgehead atoms. The van der Waals surface area contributed by atoms with Gasteiger partial charge in [0, 0.05) is 13.1 Å². The second-order valence-corrected chi connectivity index (χ2v) is 5.67.